The van der Waals surface area contributed by atoms with Crippen molar-refractivity contribution >= 4 is 0 Å². The highest BCUT2D eigenvalue weighted by Gasteiger charge is 2.21. The van der Waals surface area contributed by atoms with E-state index < -0.39 is 5.82 Å². The third kappa shape index (κ3) is 2.44. The predicted octanol–water partition coefficient (Wildman–Crippen LogP) is 2.40. The van der Waals surface area contributed by atoms with Gasteiger partial charge in [-0.2, -0.15) is 4.98 Å². The molecule has 0 amide bonds. The van der Waals surface area contributed by atoms with Gasteiger partial charge in [0.05, 0.1) is 6.04 Å². The molecule has 1 aliphatic rings. The summed E-state index contributed by atoms with van der Waals surface area (Å²) >= 11 is 0. The second kappa shape index (κ2) is 4.97. The van der Waals surface area contributed by atoms with Crippen molar-refractivity contribution in [2.24, 2.45) is 0 Å². The standard InChI is InChI=1S/C13H14FN3O2/c14-9-7-8(4-5-11(9)18)12-16-13(19-17-12)10-3-1-2-6-15-10/h4-5,7,10,15,18H,1-3,6H2/t10-/m1/s1. The Kier molecular flexibility index (Phi) is 3.16. The summed E-state index contributed by atoms with van der Waals surface area (Å²) in [5, 5.41) is 16.3. The van der Waals surface area contributed by atoms with Gasteiger partial charge >= 0.3 is 0 Å². The molecular weight excluding hydrogens is 249 g/mol. The molecule has 1 aromatic heterocycles. The first-order chi connectivity index (χ1) is 9.24. The lowest BCUT2D eigenvalue weighted by Gasteiger charge is -2.19. The number of nitrogens with zero attached hydrogens (tertiary/aromatic N) is 2. The Bertz CT molecular complexity index is 579. The van der Waals surface area contributed by atoms with Gasteiger partial charge in [-0.1, -0.05) is 11.6 Å². The number of phenolic OH excluding ortho intramolecular Hbond substituents is 1. The molecule has 1 aromatic carbocycles. The van der Waals surface area contributed by atoms with Gasteiger partial charge in [0.25, 0.3) is 0 Å². The Balaban J connectivity index is 1.85. The van der Waals surface area contributed by atoms with E-state index in [1.807, 2.05) is 0 Å². The highest BCUT2D eigenvalue weighted by molar-refractivity contribution is 5.55. The van der Waals surface area contributed by atoms with Crippen LogP contribution in [-0.2, 0) is 0 Å². The van der Waals surface area contributed by atoms with Crippen LogP contribution in [0.2, 0.25) is 0 Å². The van der Waals surface area contributed by atoms with Gasteiger partial charge in [-0.15, -0.1) is 0 Å². The van der Waals surface area contributed by atoms with Crippen LogP contribution in [0.3, 0.4) is 0 Å². The molecule has 2 aromatic rings. The highest BCUT2D eigenvalue weighted by Crippen LogP contribution is 2.26. The number of halogens is 1. The smallest absolute Gasteiger partial charge is 0.244 e. The largest absolute Gasteiger partial charge is 0.505 e. The van der Waals surface area contributed by atoms with Gasteiger partial charge in [-0.25, -0.2) is 4.39 Å². The molecule has 0 unspecified atom stereocenters. The summed E-state index contributed by atoms with van der Waals surface area (Å²) in [6.45, 7) is 0.941. The van der Waals surface area contributed by atoms with Crippen LogP contribution in [0.5, 0.6) is 5.75 Å². The van der Waals surface area contributed by atoms with Crippen LogP contribution >= 0.6 is 0 Å². The summed E-state index contributed by atoms with van der Waals surface area (Å²) in [4.78, 5) is 4.29. The molecular formula is C13H14FN3O2. The normalized spacial score (nSPS) is 19.5. The molecule has 2 N–H and O–H groups in total. The first-order valence-electron chi connectivity index (χ1n) is 6.30. The number of phenols is 1. The Labute approximate surface area is 109 Å². The summed E-state index contributed by atoms with van der Waals surface area (Å²) in [6.07, 6.45) is 3.25. The maximum absolute atomic E-state index is 13.3. The van der Waals surface area contributed by atoms with Crippen LogP contribution in [0, 0.1) is 5.82 Å². The maximum Gasteiger partial charge on any atom is 0.244 e. The molecule has 19 heavy (non-hydrogen) atoms. The lowest BCUT2D eigenvalue weighted by Crippen LogP contribution is -2.26. The van der Waals surface area contributed by atoms with Crippen molar-refractivity contribution in [3.05, 3.63) is 29.9 Å². The summed E-state index contributed by atoms with van der Waals surface area (Å²) < 4.78 is 18.5. The molecule has 5 nitrogen and oxygen atoms in total. The molecule has 0 saturated carbocycles. The van der Waals surface area contributed by atoms with Crippen LogP contribution < -0.4 is 5.32 Å². The summed E-state index contributed by atoms with van der Waals surface area (Å²) in [5.41, 5.74) is 0.487. The van der Waals surface area contributed by atoms with Crippen molar-refractivity contribution in [3.63, 3.8) is 0 Å². The van der Waals surface area contributed by atoms with E-state index in [0.717, 1.165) is 25.8 Å². The molecule has 1 aliphatic heterocycles. The van der Waals surface area contributed by atoms with E-state index in [0.29, 0.717) is 17.3 Å². The average Bonchev–Trinajstić information content (AvgIpc) is 2.93. The van der Waals surface area contributed by atoms with Crippen LogP contribution in [0.4, 0.5) is 4.39 Å². The summed E-state index contributed by atoms with van der Waals surface area (Å²) in [5.74, 6) is -0.217. The minimum atomic E-state index is -0.695. The summed E-state index contributed by atoms with van der Waals surface area (Å²) in [7, 11) is 0. The highest BCUT2D eigenvalue weighted by atomic mass is 19.1. The third-order valence-corrected chi connectivity index (χ3v) is 3.26. The van der Waals surface area contributed by atoms with Crippen molar-refractivity contribution in [1.29, 1.82) is 0 Å². The maximum atomic E-state index is 13.3. The van der Waals surface area contributed by atoms with Crippen molar-refractivity contribution in [1.82, 2.24) is 15.5 Å². The van der Waals surface area contributed by atoms with Gasteiger partial charge in [0, 0.05) is 5.56 Å². The second-order valence-corrected chi connectivity index (χ2v) is 4.62. The van der Waals surface area contributed by atoms with Gasteiger partial charge < -0.3 is 14.9 Å². The van der Waals surface area contributed by atoms with Gasteiger partial charge in [-0.3, -0.25) is 0 Å². The first-order valence-corrected chi connectivity index (χ1v) is 6.30. The SMILES string of the molecule is Oc1ccc(-c2noc([C@H]3CCCCN3)n2)cc1F. The van der Waals surface area contributed by atoms with Gasteiger partial charge in [0.2, 0.25) is 11.7 Å². The molecule has 100 valence electrons. The van der Waals surface area contributed by atoms with Crippen LogP contribution in [0.25, 0.3) is 11.4 Å². The number of piperidine rings is 1. The van der Waals surface area contributed by atoms with Gasteiger partial charge in [0.15, 0.2) is 11.6 Å². The number of aromatic nitrogens is 2. The van der Waals surface area contributed by atoms with E-state index in [2.05, 4.69) is 15.5 Å². The van der Waals surface area contributed by atoms with Crippen LogP contribution in [0.15, 0.2) is 22.7 Å². The number of hydrogen-bond acceptors (Lipinski definition) is 5. The Morgan fingerprint density at radius 2 is 2.26 bits per heavy atom. The Hall–Kier alpha value is -1.95. The van der Waals surface area contributed by atoms with E-state index in [9.17, 15) is 4.39 Å². The Morgan fingerprint density at radius 3 is 3.00 bits per heavy atom. The minimum Gasteiger partial charge on any atom is -0.505 e. The number of aromatic hydroxyl groups is 1. The zero-order valence-corrected chi connectivity index (χ0v) is 10.3. The summed E-state index contributed by atoms with van der Waals surface area (Å²) in [6, 6.07) is 4.11. The lowest BCUT2D eigenvalue weighted by molar-refractivity contribution is 0.297. The fraction of sp³-hybridized carbons (Fsp3) is 0.385. The Morgan fingerprint density at radius 1 is 1.37 bits per heavy atom. The fourth-order valence-corrected chi connectivity index (χ4v) is 2.20. The third-order valence-electron chi connectivity index (χ3n) is 3.26. The van der Waals surface area contributed by atoms with Crippen molar-refractivity contribution in [2.75, 3.05) is 6.54 Å². The number of hydrogen-bond donors (Lipinski definition) is 2. The number of nitrogens with one attached hydrogen (secondary N) is 1. The molecule has 2 heterocycles. The van der Waals surface area contributed by atoms with E-state index >= 15 is 0 Å². The minimum absolute atomic E-state index is 0.0805. The number of rotatable bonds is 2. The molecule has 1 atom stereocenters. The first kappa shape index (κ1) is 12.1. The van der Waals surface area contributed by atoms with Crippen molar-refractivity contribution in [3.8, 4) is 17.1 Å². The monoisotopic (exact) mass is 263 g/mol. The van der Waals surface area contributed by atoms with E-state index in [-0.39, 0.29) is 11.8 Å². The van der Waals surface area contributed by atoms with Gasteiger partial charge in [-0.05, 0) is 37.6 Å². The van der Waals surface area contributed by atoms with Crippen molar-refractivity contribution < 1.29 is 14.0 Å². The zero-order valence-electron chi connectivity index (χ0n) is 10.3. The average molecular weight is 263 g/mol. The van der Waals surface area contributed by atoms with E-state index in [1.54, 1.807) is 6.07 Å². The molecule has 3 rings (SSSR count). The topological polar surface area (TPSA) is 71.2 Å². The molecule has 0 radical (unpaired) electrons. The molecule has 0 aliphatic carbocycles. The quantitative estimate of drug-likeness (QED) is 0.870. The van der Waals surface area contributed by atoms with E-state index in [1.165, 1.54) is 12.1 Å². The zero-order chi connectivity index (χ0) is 13.2. The molecule has 0 bridgehead atoms. The lowest BCUT2D eigenvalue weighted by atomic mass is 10.1. The molecule has 0 spiro atoms. The van der Waals surface area contributed by atoms with Crippen LogP contribution in [0.1, 0.15) is 31.2 Å². The predicted molar refractivity (Wildman–Crippen MR) is 66.0 cm³/mol. The molecule has 6 heteroatoms. The van der Waals surface area contributed by atoms with Gasteiger partial charge in [0.1, 0.15) is 0 Å². The molecule has 1 fully saturated rings. The molecule has 1 saturated heterocycles. The van der Waals surface area contributed by atoms with E-state index in [4.69, 9.17) is 9.63 Å². The second-order valence-electron chi connectivity index (χ2n) is 4.62. The number of benzene rings is 1. The fourth-order valence-electron chi connectivity index (χ4n) is 2.20. The van der Waals surface area contributed by atoms with Crippen LogP contribution in [-0.4, -0.2) is 21.8 Å². The van der Waals surface area contributed by atoms with Crippen molar-refractivity contribution in [2.45, 2.75) is 25.3 Å².